The van der Waals surface area contributed by atoms with Crippen LogP contribution in [0.25, 0.3) is 0 Å². The molecule has 120 valence electrons. The van der Waals surface area contributed by atoms with Gasteiger partial charge in [-0.1, -0.05) is 17.3 Å². The second-order valence-corrected chi connectivity index (χ2v) is 5.54. The second-order valence-electron chi connectivity index (χ2n) is 5.54. The van der Waals surface area contributed by atoms with Gasteiger partial charge in [-0.25, -0.2) is 0 Å². The van der Waals surface area contributed by atoms with Gasteiger partial charge in [0.05, 0.1) is 6.10 Å². The zero-order chi connectivity index (χ0) is 15.9. The predicted molar refractivity (Wildman–Crippen MR) is 82.4 cm³/mol. The smallest absolute Gasteiger partial charge is 0.223 e. The first-order valence-electron chi connectivity index (χ1n) is 7.40. The molecule has 6 nitrogen and oxygen atoms in total. The summed E-state index contributed by atoms with van der Waals surface area (Å²) < 4.78 is 10.5. The van der Waals surface area contributed by atoms with Crippen molar-refractivity contribution in [1.82, 2.24) is 15.0 Å². The SMILES string of the molecule is Cc1nc(COc2ccc(CN(C)CCC(C)O)cc2)no1. The van der Waals surface area contributed by atoms with E-state index in [4.69, 9.17) is 9.26 Å². The number of aliphatic hydroxyl groups is 1. The van der Waals surface area contributed by atoms with Gasteiger partial charge in [-0.15, -0.1) is 0 Å². The van der Waals surface area contributed by atoms with Crippen LogP contribution in [-0.2, 0) is 13.2 Å². The summed E-state index contributed by atoms with van der Waals surface area (Å²) in [6.07, 6.45) is 0.522. The number of nitrogens with zero attached hydrogens (tertiary/aromatic N) is 3. The third-order valence-corrected chi connectivity index (χ3v) is 3.24. The first-order valence-corrected chi connectivity index (χ1v) is 7.40. The Morgan fingerprint density at radius 1 is 1.32 bits per heavy atom. The number of benzene rings is 1. The second kappa shape index (κ2) is 7.91. The largest absolute Gasteiger partial charge is 0.485 e. The standard InChI is InChI=1S/C16H23N3O3/c1-12(20)8-9-19(3)10-14-4-6-15(7-5-14)21-11-16-17-13(2)22-18-16/h4-7,12,20H,8-11H2,1-3H3. The van der Waals surface area contributed by atoms with Crippen molar-refractivity contribution in [1.29, 1.82) is 0 Å². The van der Waals surface area contributed by atoms with Crippen LogP contribution in [0.3, 0.4) is 0 Å². The van der Waals surface area contributed by atoms with Gasteiger partial charge in [0.2, 0.25) is 11.7 Å². The molecule has 1 unspecified atom stereocenters. The van der Waals surface area contributed by atoms with E-state index in [-0.39, 0.29) is 6.10 Å². The number of aromatic nitrogens is 2. The Balaban J connectivity index is 1.79. The molecule has 1 N–H and O–H groups in total. The van der Waals surface area contributed by atoms with Crippen molar-refractivity contribution in [2.45, 2.75) is 39.5 Å². The Bertz CT molecular complexity index is 566. The van der Waals surface area contributed by atoms with Crippen LogP contribution in [0.5, 0.6) is 5.75 Å². The molecule has 0 bridgehead atoms. The first kappa shape index (κ1) is 16.5. The lowest BCUT2D eigenvalue weighted by Crippen LogP contribution is -2.22. The molecule has 1 atom stereocenters. The van der Waals surface area contributed by atoms with Crippen molar-refractivity contribution in [2.75, 3.05) is 13.6 Å². The molecule has 0 aliphatic heterocycles. The average Bonchev–Trinajstić information content (AvgIpc) is 2.90. The Labute approximate surface area is 130 Å². The van der Waals surface area contributed by atoms with Crippen LogP contribution in [0.4, 0.5) is 0 Å². The summed E-state index contributed by atoms with van der Waals surface area (Å²) >= 11 is 0. The lowest BCUT2D eigenvalue weighted by molar-refractivity contribution is 0.163. The highest BCUT2D eigenvalue weighted by Crippen LogP contribution is 2.14. The summed E-state index contributed by atoms with van der Waals surface area (Å²) in [6.45, 7) is 5.57. The number of rotatable bonds is 8. The minimum atomic E-state index is -0.257. The molecule has 1 aromatic heterocycles. The highest BCUT2D eigenvalue weighted by Gasteiger charge is 2.05. The Morgan fingerprint density at radius 2 is 2.05 bits per heavy atom. The highest BCUT2D eigenvalue weighted by molar-refractivity contribution is 5.27. The van der Waals surface area contributed by atoms with Crippen molar-refractivity contribution < 1.29 is 14.4 Å². The third-order valence-electron chi connectivity index (χ3n) is 3.24. The minimum absolute atomic E-state index is 0.257. The van der Waals surface area contributed by atoms with E-state index in [1.807, 2.05) is 38.2 Å². The Kier molecular flexibility index (Phi) is 5.91. The maximum Gasteiger partial charge on any atom is 0.223 e. The molecular weight excluding hydrogens is 282 g/mol. The Hall–Kier alpha value is -1.92. The van der Waals surface area contributed by atoms with Crippen molar-refractivity contribution in [3.05, 3.63) is 41.5 Å². The van der Waals surface area contributed by atoms with Crippen LogP contribution in [0, 0.1) is 6.92 Å². The van der Waals surface area contributed by atoms with E-state index in [2.05, 4.69) is 15.0 Å². The predicted octanol–water partition coefficient (Wildman–Crippen LogP) is 2.16. The summed E-state index contributed by atoms with van der Waals surface area (Å²) in [6, 6.07) is 7.95. The molecule has 0 fully saturated rings. The maximum atomic E-state index is 9.30. The molecule has 0 amide bonds. The lowest BCUT2D eigenvalue weighted by atomic mass is 10.2. The molecule has 0 saturated heterocycles. The van der Waals surface area contributed by atoms with Gasteiger partial charge < -0.3 is 19.3 Å². The van der Waals surface area contributed by atoms with E-state index in [0.29, 0.717) is 18.3 Å². The molecule has 0 radical (unpaired) electrons. The molecule has 0 saturated carbocycles. The minimum Gasteiger partial charge on any atom is -0.485 e. The number of aryl methyl sites for hydroxylation is 1. The van der Waals surface area contributed by atoms with Gasteiger partial charge in [-0.3, -0.25) is 0 Å². The van der Waals surface area contributed by atoms with E-state index in [9.17, 15) is 5.11 Å². The van der Waals surface area contributed by atoms with Gasteiger partial charge in [0.15, 0.2) is 6.61 Å². The fourth-order valence-electron chi connectivity index (χ4n) is 2.04. The van der Waals surface area contributed by atoms with Crippen molar-refractivity contribution in [3.63, 3.8) is 0 Å². The summed E-state index contributed by atoms with van der Waals surface area (Å²) in [5.74, 6) is 1.85. The average molecular weight is 305 g/mol. The molecule has 0 aliphatic rings. The number of hydrogen-bond acceptors (Lipinski definition) is 6. The maximum absolute atomic E-state index is 9.30. The molecular formula is C16H23N3O3. The quantitative estimate of drug-likeness (QED) is 0.806. The topological polar surface area (TPSA) is 71.6 Å². The Morgan fingerprint density at radius 3 is 2.64 bits per heavy atom. The molecule has 2 rings (SSSR count). The summed E-state index contributed by atoms with van der Waals surface area (Å²) in [5, 5.41) is 13.1. The van der Waals surface area contributed by atoms with Crippen LogP contribution >= 0.6 is 0 Å². The number of aliphatic hydroxyl groups excluding tert-OH is 1. The highest BCUT2D eigenvalue weighted by atomic mass is 16.5. The molecule has 0 aliphatic carbocycles. The fraction of sp³-hybridized carbons (Fsp3) is 0.500. The molecule has 22 heavy (non-hydrogen) atoms. The zero-order valence-corrected chi connectivity index (χ0v) is 13.3. The monoisotopic (exact) mass is 305 g/mol. The van der Waals surface area contributed by atoms with Gasteiger partial charge in [0.25, 0.3) is 0 Å². The van der Waals surface area contributed by atoms with Crippen LogP contribution < -0.4 is 4.74 Å². The van der Waals surface area contributed by atoms with E-state index < -0.39 is 0 Å². The van der Waals surface area contributed by atoms with Gasteiger partial charge >= 0.3 is 0 Å². The number of ether oxygens (including phenoxy) is 1. The van der Waals surface area contributed by atoms with Gasteiger partial charge in [-0.05, 0) is 38.1 Å². The molecule has 2 aromatic rings. The normalized spacial score (nSPS) is 12.6. The van der Waals surface area contributed by atoms with Crippen LogP contribution in [0.2, 0.25) is 0 Å². The molecule has 1 aromatic carbocycles. The molecule has 1 heterocycles. The van der Waals surface area contributed by atoms with E-state index in [0.717, 1.165) is 25.3 Å². The number of hydrogen-bond donors (Lipinski definition) is 1. The van der Waals surface area contributed by atoms with Crippen molar-refractivity contribution in [3.8, 4) is 5.75 Å². The van der Waals surface area contributed by atoms with Crippen molar-refractivity contribution >= 4 is 0 Å². The van der Waals surface area contributed by atoms with Crippen molar-refractivity contribution in [2.24, 2.45) is 0 Å². The van der Waals surface area contributed by atoms with E-state index >= 15 is 0 Å². The summed E-state index contributed by atoms with van der Waals surface area (Å²) in [7, 11) is 2.05. The summed E-state index contributed by atoms with van der Waals surface area (Å²) in [5.41, 5.74) is 1.20. The van der Waals surface area contributed by atoms with Gasteiger partial charge in [0, 0.05) is 20.0 Å². The van der Waals surface area contributed by atoms with Crippen LogP contribution in [0.15, 0.2) is 28.8 Å². The van der Waals surface area contributed by atoms with E-state index in [1.54, 1.807) is 6.92 Å². The van der Waals surface area contributed by atoms with Crippen LogP contribution in [-0.4, -0.2) is 39.8 Å². The summed E-state index contributed by atoms with van der Waals surface area (Å²) in [4.78, 5) is 6.27. The first-order chi connectivity index (χ1) is 10.5. The van der Waals surface area contributed by atoms with Crippen LogP contribution in [0.1, 0.15) is 30.6 Å². The molecule has 0 spiro atoms. The zero-order valence-electron chi connectivity index (χ0n) is 13.3. The lowest BCUT2D eigenvalue weighted by Gasteiger charge is -2.17. The van der Waals surface area contributed by atoms with Gasteiger partial charge in [-0.2, -0.15) is 4.98 Å². The third kappa shape index (κ3) is 5.46. The fourth-order valence-corrected chi connectivity index (χ4v) is 2.04. The van der Waals surface area contributed by atoms with E-state index in [1.165, 1.54) is 5.56 Å². The van der Waals surface area contributed by atoms with Gasteiger partial charge in [0.1, 0.15) is 5.75 Å². The molecule has 6 heteroatoms.